The molecular weight excluding hydrogens is 526 g/mol. The van der Waals surface area contributed by atoms with Crippen LogP contribution in [-0.4, -0.2) is 36.2 Å². The minimum absolute atomic E-state index is 0. The summed E-state index contributed by atoms with van der Waals surface area (Å²) in [5.41, 5.74) is 0. The van der Waals surface area contributed by atoms with Crippen molar-refractivity contribution in [3.05, 3.63) is 29.7 Å². The van der Waals surface area contributed by atoms with Gasteiger partial charge in [-0.15, -0.1) is 0 Å². The minimum atomic E-state index is 0. The SMILES string of the molecule is C1CCCC1.C1CCCC1.OCCCCCCN(CC1CCCC1)CC1CCCC1.[CH3-].[CH3-].[CH3-].[CH3-].[Fe+2].[Fe+2]. The summed E-state index contributed by atoms with van der Waals surface area (Å²) >= 11 is 0. The Morgan fingerprint density at radius 3 is 1.06 bits per heavy atom. The predicted molar refractivity (Wildman–Crippen MR) is 158 cm³/mol. The molecule has 222 valence electrons. The van der Waals surface area contributed by atoms with Crippen molar-refractivity contribution >= 4 is 0 Å². The van der Waals surface area contributed by atoms with Crippen LogP contribution in [0.3, 0.4) is 0 Å². The van der Waals surface area contributed by atoms with E-state index in [1.54, 1.807) is 0 Å². The van der Waals surface area contributed by atoms with Gasteiger partial charge in [-0.1, -0.05) is 103 Å². The zero-order valence-corrected chi connectivity index (χ0v) is 27.3. The summed E-state index contributed by atoms with van der Waals surface area (Å²) in [6, 6.07) is 0. The van der Waals surface area contributed by atoms with Gasteiger partial charge in [-0.05, 0) is 56.9 Å². The van der Waals surface area contributed by atoms with Crippen LogP contribution < -0.4 is 0 Å². The van der Waals surface area contributed by atoms with Crippen LogP contribution in [0.5, 0.6) is 0 Å². The van der Waals surface area contributed by atoms with Crippen molar-refractivity contribution in [2.75, 3.05) is 26.2 Å². The molecule has 36 heavy (non-hydrogen) atoms. The van der Waals surface area contributed by atoms with Crippen LogP contribution in [0.25, 0.3) is 0 Å². The van der Waals surface area contributed by atoms with Gasteiger partial charge in [0.2, 0.25) is 0 Å². The molecule has 4 heteroatoms. The minimum Gasteiger partial charge on any atom is -0.396 e. The van der Waals surface area contributed by atoms with Crippen molar-refractivity contribution in [3.63, 3.8) is 0 Å². The van der Waals surface area contributed by atoms with Crippen LogP contribution in [0.15, 0.2) is 0 Å². The normalized spacial score (nSPS) is 18.5. The average molecular weight is 594 g/mol. The fourth-order valence-corrected chi connectivity index (χ4v) is 5.94. The van der Waals surface area contributed by atoms with E-state index in [9.17, 15) is 0 Å². The molecule has 0 saturated heterocycles. The van der Waals surface area contributed by atoms with Crippen molar-refractivity contribution in [2.24, 2.45) is 11.8 Å². The molecule has 0 aromatic carbocycles. The second kappa shape index (κ2) is 34.0. The summed E-state index contributed by atoms with van der Waals surface area (Å²) in [5, 5.41) is 8.84. The molecule has 0 aliphatic heterocycles. The van der Waals surface area contributed by atoms with Crippen molar-refractivity contribution in [1.29, 1.82) is 0 Å². The first-order valence-electron chi connectivity index (χ1n) is 14.2. The molecule has 0 bridgehead atoms. The maximum Gasteiger partial charge on any atom is 2.00 e. The number of hydrogen-bond acceptors (Lipinski definition) is 2. The number of rotatable bonds is 10. The number of aliphatic hydroxyl groups is 1. The van der Waals surface area contributed by atoms with Crippen molar-refractivity contribution in [1.82, 2.24) is 4.90 Å². The Hall–Kier alpha value is 0.959. The molecule has 0 aromatic rings. The number of aliphatic hydroxyl groups excluding tert-OH is 1. The monoisotopic (exact) mass is 593 g/mol. The van der Waals surface area contributed by atoms with Crippen LogP contribution in [0.4, 0.5) is 0 Å². The van der Waals surface area contributed by atoms with Crippen LogP contribution in [0.2, 0.25) is 0 Å². The Morgan fingerprint density at radius 1 is 0.444 bits per heavy atom. The molecule has 0 unspecified atom stereocenters. The summed E-state index contributed by atoms with van der Waals surface area (Å²) in [6.07, 6.45) is 31.6. The van der Waals surface area contributed by atoms with E-state index in [0.29, 0.717) is 6.61 Å². The van der Waals surface area contributed by atoms with E-state index in [4.69, 9.17) is 5.11 Å². The molecule has 4 fully saturated rings. The maximum absolute atomic E-state index is 8.84. The van der Waals surface area contributed by atoms with E-state index in [0.717, 1.165) is 18.3 Å². The molecule has 0 heterocycles. The van der Waals surface area contributed by atoms with E-state index in [-0.39, 0.29) is 63.8 Å². The van der Waals surface area contributed by atoms with E-state index in [1.165, 1.54) is 154 Å². The predicted octanol–water partition coefficient (Wildman–Crippen LogP) is 9.92. The molecule has 2 nitrogen and oxygen atoms in total. The van der Waals surface area contributed by atoms with Gasteiger partial charge in [-0.2, -0.15) is 0 Å². The van der Waals surface area contributed by atoms with Crippen molar-refractivity contribution in [3.8, 4) is 0 Å². The Labute approximate surface area is 252 Å². The van der Waals surface area contributed by atoms with Crippen LogP contribution in [0, 0.1) is 41.5 Å². The van der Waals surface area contributed by atoms with Crippen LogP contribution in [0.1, 0.15) is 141 Å². The van der Waals surface area contributed by atoms with Crippen molar-refractivity contribution < 1.29 is 39.2 Å². The second-order valence-corrected chi connectivity index (χ2v) is 10.7. The summed E-state index contributed by atoms with van der Waals surface area (Å²) in [4.78, 5) is 2.80. The average Bonchev–Trinajstić information content (AvgIpc) is 3.58. The zero-order valence-electron chi connectivity index (χ0n) is 25.1. The molecular formula is C32H67Fe2NO. The van der Waals surface area contributed by atoms with E-state index in [2.05, 4.69) is 4.90 Å². The van der Waals surface area contributed by atoms with Gasteiger partial charge < -0.3 is 39.7 Å². The number of nitrogens with zero attached hydrogens (tertiary/aromatic N) is 1. The fraction of sp³-hybridized carbons (Fsp3) is 0.875. The molecule has 0 amide bonds. The largest absolute Gasteiger partial charge is 2.00 e. The topological polar surface area (TPSA) is 23.5 Å². The molecule has 0 atom stereocenters. The zero-order chi connectivity index (χ0) is 21.1. The quantitative estimate of drug-likeness (QED) is 0.155. The number of unbranched alkanes of at least 4 members (excludes halogenated alkanes) is 3. The third-order valence-electron chi connectivity index (χ3n) is 7.86. The van der Waals surface area contributed by atoms with E-state index >= 15 is 0 Å². The smallest absolute Gasteiger partial charge is 0.396 e. The molecule has 0 radical (unpaired) electrons. The van der Waals surface area contributed by atoms with Gasteiger partial charge in [0.1, 0.15) is 0 Å². The van der Waals surface area contributed by atoms with Gasteiger partial charge in [0.05, 0.1) is 0 Å². The van der Waals surface area contributed by atoms with Gasteiger partial charge in [0.15, 0.2) is 0 Å². The summed E-state index contributed by atoms with van der Waals surface area (Å²) in [6.45, 7) is 4.42. The molecule has 4 saturated carbocycles. The Morgan fingerprint density at radius 2 is 0.750 bits per heavy atom. The first-order chi connectivity index (χ1) is 14.9. The van der Waals surface area contributed by atoms with E-state index in [1.807, 2.05) is 0 Å². The van der Waals surface area contributed by atoms with E-state index < -0.39 is 0 Å². The van der Waals surface area contributed by atoms with Crippen LogP contribution in [-0.2, 0) is 34.1 Å². The van der Waals surface area contributed by atoms with Gasteiger partial charge >= 0.3 is 34.1 Å². The van der Waals surface area contributed by atoms with Gasteiger partial charge in [0, 0.05) is 19.7 Å². The fourth-order valence-electron chi connectivity index (χ4n) is 5.94. The maximum atomic E-state index is 8.84. The molecule has 4 aliphatic carbocycles. The summed E-state index contributed by atoms with van der Waals surface area (Å²) in [5.74, 6) is 1.99. The first kappa shape index (κ1) is 46.8. The molecule has 0 spiro atoms. The standard InChI is InChI=1S/C18H35NO.2C5H10.4CH3.2Fe/c20-14-8-2-1-7-13-19(15-17-9-3-4-10-17)16-18-11-5-6-12-18;2*1-2-4-5-3-1;;;;;;/h17-18,20H,1-16H2;2*1-5H2;4*1H3;;/q;;;4*-1;2*+2. The Balaban J connectivity index is -0.000000169. The first-order valence-corrected chi connectivity index (χ1v) is 14.2. The molecule has 4 rings (SSSR count). The second-order valence-electron chi connectivity index (χ2n) is 10.7. The van der Waals surface area contributed by atoms with Gasteiger partial charge in [-0.25, -0.2) is 0 Å². The Bertz CT molecular complexity index is 320. The summed E-state index contributed by atoms with van der Waals surface area (Å²) < 4.78 is 0. The van der Waals surface area contributed by atoms with Crippen LogP contribution >= 0.6 is 0 Å². The number of hydrogen-bond donors (Lipinski definition) is 1. The third-order valence-corrected chi connectivity index (χ3v) is 7.86. The summed E-state index contributed by atoms with van der Waals surface area (Å²) in [7, 11) is 0. The van der Waals surface area contributed by atoms with Gasteiger partial charge in [-0.3, -0.25) is 0 Å². The third kappa shape index (κ3) is 25.2. The molecule has 4 aliphatic rings. The Kier molecular flexibility index (Phi) is 44.2. The van der Waals surface area contributed by atoms with Crippen molar-refractivity contribution in [2.45, 2.75) is 141 Å². The van der Waals surface area contributed by atoms with Gasteiger partial charge in [0.25, 0.3) is 0 Å². The molecule has 0 aromatic heterocycles. The molecule has 1 N–H and O–H groups in total.